The Morgan fingerprint density at radius 3 is 2.67 bits per heavy atom. The van der Waals surface area contributed by atoms with Crippen LogP contribution < -0.4 is 5.56 Å². The molecule has 0 spiro atoms. The third-order valence-electron chi connectivity index (χ3n) is 4.68. The summed E-state index contributed by atoms with van der Waals surface area (Å²) in [5.74, 6) is -0.474. The monoisotopic (exact) mass is 454 g/mol. The average molecular weight is 455 g/mol. The number of fused-ring (bicyclic) bond motifs is 1. The fraction of sp³-hybridized carbons (Fsp3) is 0.143. The molecule has 9 heteroatoms. The van der Waals surface area contributed by atoms with Crippen molar-refractivity contribution in [2.75, 3.05) is 5.75 Å². The van der Waals surface area contributed by atoms with E-state index in [0.717, 1.165) is 39.9 Å². The van der Waals surface area contributed by atoms with E-state index in [1.165, 1.54) is 16.7 Å². The third kappa shape index (κ3) is 3.47. The van der Waals surface area contributed by atoms with E-state index in [1.807, 2.05) is 38.1 Å². The normalized spacial score (nSPS) is 11.0. The predicted octanol–water partition coefficient (Wildman–Crippen LogP) is 5.34. The lowest BCUT2D eigenvalue weighted by Gasteiger charge is -2.13. The number of nitrogens with zero attached hydrogens (tertiary/aromatic N) is 4. The minimum atomic E-state index is -0.545. The van der Waals surface area contributed by atoms with E-state index >= 15 is 0 Å². The van der Waals surface area contributed by atoms with Gasteiger partial charge in [-0.05, 0) is 61.5 Å². The Morgan fingerprint density at radius 1 is 1.20 bits per heavy atom. The second-order valence-electron chi connectivity index (χ2n) is 6.56. The summed E-state index contributed by atoms with van der Waals surface area (Å²) in [6, 6.07) is 13.9. The van der Waals surface area contributed by atoms with Gasteiger partial charge in [-0.25, -0.2) is 9.37 Å². The maximum atomic E-state index is 14.5. The largest absolute Gasteiger partial charge is 0.278 e. The molecule has 150 valence electrons. The summed E-state index contributed by atoms with van der Waals surface area (Å²) in [6.45, 7) is 4.02. The van der Waals surface area contributed by atoms with Gasteiger partial charge < -0.3 is 0 Å². The number of thiazole rings is 1. The highest BCUT2D eigenvalue weighted by Crippen LogP contribution is 2.28. The number of para-hydroxylation sites is 1. The molecule has 0 aliphatic rings. The van der Waals surface area contributed by atoms with Crippen molar-refractivity contribution in [1.82, 2.24) is 14.1 Å². The molecule has 0 bridgehead atoms. The van der Waals surface area contributed by atoms with E-state index in [0.29, 0.717) is 14.3 Å². The molecule has 4 aromatic rings. The Labute approximate surface area is 185 Å². The number of rotatable bonds is 4. The van der Waals surface area contributed by atoms with Crippen LogP contribution in [0, 0.1) is 35.0 Å². The highest BCUT2D eigenvalue weighted by molar-refractivity contribution is 7.99. The Morgan fingerprint density at radius 2 is 1.97 bits per heavy atom. The molecular formula is C21H15FN4OS3. The first-order valence-electron chi connectivity index (χ1n) is 8.93. The molecule has 0 amide bonds. The SMILES string of the molecule is Cc1ccc(-n2c(=S)sc3c(=O)n(-c4ccccc4F)c(SCC#N)nc32)cc1C. The van der Waals surface area contributed by atoms with Gasteiger partial charge in [-0.3, -0.25) is 13.9 Å². The molecule has 30 heavy (non-hydrogen) atoms. The standard InChI is InChI=1S/C21H15FN4OS3/c1-12-7-8-14(11-13(12)2)25-18-17(30-21(25)28)19(27)26(20(24-18)29-10-9-23)16-6-4-3-5-15(16)22/h3-8,11H,10H2,1-2H3. The number of hydrogen-bond acceptors (Lipinski definition) is 6. The molecule has 0 saturated heterocycles. The van der Waals surface area contributed by atoms with Crippen molar-refractivity contribution in [2.24, 2.45) is 0 Å². The van der Waals surface area contributed by atoms with Crippen molar-refractivity contribution >= 4 is 45.7 Å². The van der Waals surface area contributed by atoms with Gasteiger partial charge in [0.15, 0.2) is 14.8 Å². The summed E-state index contributed by atoms with van der Waals surface area (Å²) >= 11 is 7.77. The smallest absolute Gasteiger partial charge is 0.275 e. The van der Waals surface area contributed by atoms with E-state index in [1.54, 1.807) is 16.7 Å². The van der Waals surface area contributed by atoms with Gasteiger partial charge in [-0.1, -0.05) is 41.3 Å². The van der Waals surface area contributed by atoms with Crippen LogP contribution in [-0.4, -0.2) is 19.9 Å². The van der Waals surface area contributed by atoms with Crippen LogP contribution in [0.25, 0.3) is 21.7 Å². The summed E-state index contributed by atoms with van der Waals surface area (Å²) in [7, 11) is 0. The molecule has 0 aliphatic heterocycles. The number of benzene rings is 2. The van der Waals surface area contributed by atoms with Crippen LogP contribution in [0.2, 0.25) is 0 Å². The predicted molar refractivity (Wildman–Crippen MR) is 121 cm³/mol. The summed E-state index contributed by atoms with van der Waals surface area (Å²) in [4.78, 5) is 18.0. The molecule has 2 heterocycles. The molecule has 5 nitrogen and oxygen atoms in total. The first-order chi connectivity index (χ1) is 14.4. The van der Waals surface area contributed by atoms with Crippen molar-refractivity contribution in [3.05, 3.63) is 73.7 Å². The molecule has 0 unspecified atom stereocenters. The van der Waals surface area contributed by atoms with Gasteiger partial charge in [0.2, 0.25) is 0 Å². The summed E-state index contributed by atoms with van der Waals surface area (Å²) < 4.78 is 18.3. The molecule has 0 saturated carbocycles. The van der Waals surface area contributed by atoms with E-state index < -0.39 is 11.4 Å². The average Bonchev–Trinajstić information content (AvgIpc) is 3.06. The van der Waals surface area contributed by atoms with Gasteiger partial charge in [0.1, 0.15) is 10.5 Å². The number of thioether (sulfide) groups is 1. The maximum absolute atomic E-state index is 14.5. The number of nitriles is 1. The Kier molecular flexibility index (Phi) is 5.56. The zero-order valence-corrected chi connectivity index (χ0v) is 18.5. The number of halogens is 1. The minimum Gasteiger partial charge on any atom is -0.275 e. The lowest BCUT2D eigenvalue weighted by atomic mass is 10.1. The number of aryl methyl sites for hydroxylation is 2. The quantitative estimate of drug-likeness (QED) is 0.237. The Balaban J connectivity index is 2.07. The first-order valence-corrected chi connectivity index (χ1v) is 11.1. The van der Waals surface area contributed by atoms with Gasteiger partial charge in [0, 0.05) is 5.69 Å². The zero-order valence-electron chi connectivity index (χ0n) is 16.0. The van der Waals surface area contributed by atoms with Crippen LogP contribution in [0.15, 0.2) is 52.4 Å². The van der Waals surface area contributed by atoms with E-state index in [-0.39, 0.29) is 16.6 Å². The lowest BCUT2D eigenvalue weighted by Crippen LogP contribution is -2.22. The van der Waals surface area contributed by atoms with Crippen molar-refractivity contribution in [2.45, 2.75) is 19.0 Å². The highest BCUT2D eigenvalue weighted by Gasteiger charge is 2.20. The highest BCUT2D eigenvalue weighted by atomic mass is 32.2. The van der Waals surface area contributed by atoms with E-state index in [9.17, 15) is 9.18 Å². The second kappa shape index (κ2) is 8.14. The summed E-state index contributed by atoms with van der Waals surface area (Å²) in [6.07, 6.45) is 0. The molecular weight excluding hydrogens is 439 g/mol. The Hall–Kier alpha value is -2.80. The fourth-order valence-electron chi connectivity index (χ4n) is 3.07. The molecule has 2 aromatic heterocycles. The van der Waals surface area contributed by atoms with Crippen LogP contribution in [0.4, 0.5) is 4.39 Å². The Bertz CT molecular complexity index is 1450. The van der Waals surface area contributed by atoms with Crippen LogP contribution >= 0.6 is 35.3 Å². The van der Waals surface area contributed by atoms with E-state index in [4.69, 9.17) is 17.5 Å². The van der Waals surface area contributed by atoms with E-state index in [2.05, 4.69) is 4.98 Å². The zero-order chi connectivity index (χ0) is 21.4. The summed E-state index contributed by atoms with van der Waals surface area (Å²) in [5.41, 5.74) is 3.13. The molecule has 0 aliphatic carbocycles. The second-order valence-corrected chi connectivity index (χ2v) is 9.14. The first kappa shape index (κ1) is 20.5. The molecule has 0 atom stereocenters. The van der Waals surface area contributed by atoms with Crippen molar-refractivity contribution in [1.29, 1.82) is 5.26 Å². The molecule has 0 fully saturated rings. The molecule has 2 aromatic carbocycles. The summed E-state index contributed by atoms with van der Waals surface area (Å²) in [5, 5.41) is 9.28. The van der Waals surface area contributed by atoms with Crippen LogP contribution in [-0.2, 0) is 0 Å². The fourth-order valence-corrected chi connectivity index (χ4v) is 5.03. The molecule has 0 N–H and O–H groups in total. The van der Waals surface area contributed by atoms with Crippen molar-refractivity contribution in [3.8, 4) is 17.4 Å². The topological polar surface area (TPSA) is 63.6 Å². The van der Waals surface area contributed by atoms with Gasteiger partial charge in [0.05, 0.1) is 17.5 Å². The molecule has 4 rings (SSSR count). The van der Waals surface area contributed by atoms with Gasteiger partial charge >= 0.3 is 0 Å². The van der Waals surface area contributed by atoms with Gasteiger partial charge in [-0.15, -0.1) is 0 Å². The lowest BCUT2D eigenvalue weighted by molar-refractivity contribution is 0.608. The van der Waals surface area contributed by atoms with Crippen LogP contribution in [0.3, 0.4) is 0 Å². The van der Waals surface area contributed by atoms with Gasteiger partial charge in [-0.2, -0.15) is 5.26 Å². The van der Waals surface area contributed by atoms with Crippen molar-refractivity contribution in [3.63, 3.8) is 0 Å². The van der Waals surface area contributed by atoms with Gasteiger partial charge in [0.25, 0.3) is 5.56 Å². The van der Waals surface area contributed by atoms with Crippen molar-refractivity contribution < 1.29 is 4.39 Å². The molecule has 0 radical (unpaired) electrons. The van der Waals surface area contributed by atoms with Crippen LogP contribution in [0.5, 0.6) is 0 Å². The maximum Gasteiger partial charge on any atom is 0.278 e. The van der Waals surface area contributed by atoms with Crippen LogP contribution in [0.1, 0.15) is 11.1 Å². The third-order valence-corrected chi connectivity index (χ3v) is 6.84. The number of hydrogen-bond donors (Lipinski definition) is 0. The minimum absolute atomic E-state index is 0.0703. The number of aromatic nitrogens is 3.